The molecule has 0 saturated heterocycles. The SMILES string of the molecule is Cc1ccc(C(Nc2ncc(Cl)cc2F)c2ccc3cccnc3c2O)cc1F.Nc1ncc(Cl)cc1F.O=Cc1ccc(C(F)(F)F)cc1Cl.Oc1cccc2cccnc12. The number of aryl methyl sites for hydroxylation is 1. The number of fused-ring (bicyclic) bond motifs is 2. The van der Waals surface area contributed by atoms with Gasteiger partial charge < -0.3 is 21.3 Å². The molecule has 18 heteroatoms. The third kappa shape index (κ3) is 12.0. The highest BCUT2D eigenvalue weighted by Gasteiger charge is 2.30. The summed E-state index contributed by atoms with van der Waals surface area (Å²) in [5.74, 6) is -1.67. The number of hydrogen-bond donors (Lipinski definition) is 4. The molecule has 0 bridgehead atoms. The third-order valence-corrected chi connectivity index (χ3v) is 9.35. The van der Waals surface area contributed by atoms with Gasteiger partial charge in [-0.2, -0.15) is 13.2 Å². The highest BCUT2D eigenvalue weighted by atomic mass is 35.5. The lowest BCUT2D eigenvalue weighted by Gasteiger charge is -2.22. The molecule has 0 fully saturated rings. The Kier molecular flexibility index (Phi) is 15.5. The molecule has 5 N–H and O–H groups in total. The van der Waals surface area contributed by atoms with E-state index in [-0.39, 0.29) is 43.8 Å². The highest BCUT2D eigenvalue weighted by molar-refractivity contribution is 6.33. The van der Waals surface area contributed by atoms with Crippen LogP contribution in [0.25, 0.3) is 21.8 Å². The molecule has 4 aromatic heterocycles. The molecular formula is C44H31Cl3F6N6O3. The van der Waals surface area contributed by atoms with Gasteiger partial charge in [-0.05, 0) is 72.6 Å². The molecule has 0 spiro atoms. The van der Waals surface area contributed by atoms with E-state index >= 15 is 0 Å². The highest BCUT2D eigenvalue weighted by Crippen LogP contribution is 2.37. The number of phenolic OH excluding ortho intramolecular Hbond substituents is 2. The molecule has 8 aromatic rings. The second kappa shape index (κ2) is 20.7. The molecule has 0 saturated carbocycles. The van der Waals surface area contributed by atoms with E-state index in [0.717, 1.165) is 41.1 Å². The number of halogens is 9. The second-order valence-electron chi connectivity index (χ2n) is 12.9. The van der Waals surface area contributed by atoms with E-state index in [4.69, 9.17) is 40.5 Å². The molecule has 9 nitrogen and oxygen atoms in total. The van der Waals surface area contributed by atoms with Crippen LogP contribution in [0.1, 0.15) is 38.7 Å². The molecule has 62 heavy (non-hydrogen) atoms. The normalized spacial score (nSPS) is 11.3. The van der Waals surface area contributed by atoms with Crippen LogP contribution in [0.3, 0.4) is 0 Å². The first-order valence-corrected chi connectivity index (χ1v) is 18.9. The number of carbonyl (C=O) groups is 1. The molecule has 1 atom stereocenters. The first-order valence-electron chi connectivity index (χ1n) is 17.8. The Hall–Kier alpha value is -6.68. The van der Waals surface area contributed by atoms with Gasteiger partial charge >= 0.3 is 6.18 Å². The van der Waals surface area contributed by atoms with Gasteiger partial charge in [0.25, 0.3) is 0 Å². The summed E-state index contributed by atoms with van der Waals surface area (Å²) >= 11 is 16.6. The molecule has 0 aliphatic carbocycles. The summed E-state index contributed by atoms with van der Waals surface area (Å²) in [4.78, 5) is 25.9. The fourth-order valence-corrected chi connectivity index (χ4v) is 5.99. The van der Waals surface area contributed by atoms with Crippen LogP contribution >= 0.6 is 34.8 Å². The number of nitrogen functional groups attached to an aromatic ring is 1. The van der Waals surface area contributed by atoms with Crippen molar-refractivity contribution in [2.45, 2.75) is 19.1 Å². The van der Waals surface area contributed by atoms with Crippen molar-refractivity contribution < 1.29 is 41.4 Å². The van der Waals surface area contributed by atoms with E-state index in [9.17, 15) is 41.4 Å². The fourth-order valence-electron chi connectivity index (χ4n) is 5.48. The number of nitrogens with one attached hydrogen (secondary N) is 1. The van der Waals surface area contributed by atoms with E-state index in [1.165, 1.54) is 18.5 Å². The van der Waals surface area contributed by atoms with E-state index in [0.29, 0.717) is 34.0 Å². The number of aromatic hydroxyl groups is 2. The first-order chi connectivity index (χ1) is 29.5. The van der Waals surface area contributed by atoms with Crippen molar-refractivity contribution in [2.75, 3.05) is 11.1 Å². The number of hydrogen-bond acceptors (Lipinski definition) is 9. The summed E-state index contributed by atoms with van der Waals surface area (Å²) < 4.78 is 77.1. The quantitative estimate of drug-likeness (QED) is 0.0978. The van der Waals surface area contributed by atoms with Crippen LogP contribution in [0.2, 0.25) is 15.1 Å². The van der Waals surface area contributed by atoms with Crippen LogP contribution in [0.5, 0.6) is 11.5 Å². The lowest BCUT2D eigenvalue weighted by molar-refractivity contribution is -0.137. The molecule has 8 rings (SSSR count). The van der Waals surface area contributed by atoms with Crippen LogP contribution in [0, 0.1) is 24.4 Å². The molecule has 4 aromatic carbocycles. The van der Waals surface area contributed by atoms with Crippen molar-refractivity contribution in [3.8, 4) is 11.5 Å². The maximum absolute atomic E-state index is 14.4. The minimum absolute atomic E-state index is 0.0506. The predicted octanol–water partition coefficient (Wildman–Crippen LogP) is 12.3. The second-order valence-corrected chi connectivity index (χ2v) is 14.2. The minimum Gasteiger partial charge on any atom is -0.506 e. The number of nitrogens with two attached hydrogens (primary N) is 1. The summed E-state index contributed by atoms with van der Waals surface area (Å²) in [5, 5.41) is 25.1. The van der Waals surface area contributed by atoms with E-state index in [1.807, 2.05) is 24.3 Å². The van der Waals surface area contributed by atoms with Gasteiger partial charge in [-0.15, -0.1) is 0 Å². The van der Waals surface area contributed by atoms with Crippen LogP contribution in [0.15, 0.2) is 128 Å². The smallest absolute Gasteiger partial charge is 0.416 e. The summed E-state index contributed by atoms with van der Waals surface area (Å²) in [5.41, 5.74) is 6.68. The minimum atomic E-state index is -4.43. The van der Waals surface area contributed by atoms with Crippen molar-refractivity contribution in [3.63, 3.8) is 0 Å². The molecular weight excluding hydrogens is 881 g/mol. The third-order valence-electron chi connectivity index (χ3n) is 8.61. The van der Waals surface area contributed by atoms with Crippen molar-refractivity contribution >= 4 is 74.5 Å². The maximum Gasteiger partial charge on any atom is 0.416 e. The average Bonchev–Trinajstić information content (AvgIpc) is 3.24. The molecule has 0 aliphatic heterocycles. The monoisotopic (exact) mass is 910 g/mol. The zero-order valence-electron chi connectivity index (χ0n) is 31.8. The average molecular weight is 912 g/mol. The number of para-hydroxylation sites is 1. The Morgan fingerprint density at radius 1 is 0.710 bits per heavy atom. The van der Waals surface area contributed by atoms with Crippen LogP contribution in [-0.2, 0) is 6.18 Å². The van der Waals surface area contributed by atoms with Gasteiger partial charge in [0.2, 0.25) is 0 Å². The number of carbonyl (C=O) groups excluding carboxylic acids is 1. The molecule has 0 amide bonds. The van der Waals surface area contributed by atoms with Crippen molar-refractivity contribution in [2.24, 2.45) is 0 Å². The van der Waals surface area contributed by atoms with Gasteiger partial charge in [0.15, 0.2) is 29.6 Å². The molecule has 4 heterocycles. The number of anilines is 2. The Labute approximate surface area is 364 Å². The largest absolute Gasteiger partial charge is 0.506 e. The summed E-state index contributed by atoms with van der Waals surface area (Å²) in [6.07, 6.45) is 1.82. The number of aldehydes is 1. The fraction of sp³-hybridized carbons (Fsp3) is 0.0682. The van der Waals surface area contributed by atoms with E-state index in [2.05, 4.69) is 25.3 Å². The number of aromatic nitrogens is 4. The Morgan fingerprint density at radius 2 is 1.34 bits per heavy atom. The summed E-state index contributed by atoms with van der Waals surface area (Å²) in [6, 6.07) is 24.9. The van der Waals surface area contributed by atoms with Gasteiger partial charge in [-0.25, -0.2) is 23.1 Å². The summed E-state index contributed by atoms with van der Waals surface area (Å²) in [7, 11) is 0. The Morgan fingerprint density at radius 3 is 1.92 bits per heavy atom. The number of pyridine rings is 4. The molecule has 0 aliphatic rings. The maximum atomic E-state index is 14.4. The standard InChI is InChI=1S/C22H16ClF2N3O.C9H7NO.C8H4ClF3O.C5H4ClFN2/c1-12-4-5-14(9-17(12)24)19(28-22-18(25)10-15(23)11-27-22)16-7-6-13-3-2-8-26-20(13)21(16)29;11-8-5-1-3-7-4-2-6-10-9(7)8;9-7-3-6(8(10,11)12)2-1-5(7)4-13;6-3-1-4(7)5(8)9-2-3/h2-11,19,29H,1H3,(H,27,28);1-6,11H;1-4H;1-2H,(H2,8,9). The Balaban J connectivity index is 0.000000180. The van der Waals surface area contributed by atoms with Crippen LogP contribution < -0.4 is 11.1 Å². The van der Waals surface area contributed by atoms with Crippen molar-refractivity contribution in [1.29, 1.82) is 0 Å². The van der Waals surface area contributed by atoms with E-state index in [1.54, 1.807) is 61.8 Å². The van der Waals surface area contributed by atoms with E-state index < -0.39 is 35.2 Å². The molecule has 0 radical (unpaired) electrons. The molecule has 318 valence electrons. The zero-order valence-corrected chi connectivity index (χ0v) is 34.1. The Bertz CT molecular complexity index is 2850. The number of rotatable bonds is 5. The number of nitrogens with zero attached hydrogens (tertiary/aromatic N) is 4. The van der Waals surface area contributed by atoms with Gasteiger partial charge in [0, 0.05) is 46.7 Å². The van der Waals surface area contributed by atoms with Crippen molar-refractivity contribution in [1.82, 2.24) is 19.9 Å². The van der Waals surface area contributed by atoms with Crippen molar-refractivity contribution in [3.05, 3.63) is 188 Å². The summed E-state index contributed by atoms with van der Waals surface area (Å²) in [6.45, 7) is 1.65. The predicted molar refractivity (Wildman–Crippen MR) is 228 cm³/mol. The van der Waals surface area contributed by atoms with Crippen LogP contribution in [0.4, 0.5) is 38.0 Å². The molecule has 1 unspecified atom stereocenters. The number of alkyl halides is 3. The van der Waals surface area contributed by atoms with Gasteiger partial charge in [0.1, 0.15) is 28.3 Å². The van der Waals surface area contributed by atoms with Crippen LogP contribution in [-0.4, -0.2) is 36.4 Å². The van der Waals surface area contributed by atoms with Gasteiger partial charge in [-0.3, -0.25) is 14.8 Å². The topological polar surface area (TPSA) is 147 Å². The zero-order chi connectivity index (χ0) is 45.1. The first kappa shape index (κ1) is 46.4. The number of phenols is 2. The lowest BCUT2D eigenvalue weighted by Crippen LogP contribution is -2.15. The van der Waals surface area contributed by atoms with Gasteiger partial charge in [0.05, 0.1) is 26.7 Å². The number of benzene rings is 4. The lowest BCUT2D eigenvalue weighted by atomic mass is 9.95. The van der Waals surface area contributed by atoms with Gasteiger partial charge in [-0.1, -0.05) is 83.3 Å².